The average Bonchev–Trinajstić information content (AvgIpc) is 2.70. The van der Waals surface area contributed by atoms with E-state index >= 15 is 0 Å². The predicted octanol–water partition coefficient (Wildman–Crippen LogP) is 3.12. The lowest BCUT2D eigenvalue weighted by atomic mass is 9.90. The highest BCUT2D eigenvalue weighted by Gasteiger charge is 2.25. The molecule has 1 aromatic heterocycles. The van der Waals surface area contributed by atoms with Crippen LogP contribution in [0.15, 0.2) is 21.3 Å². The Morgan fingerprint density at radius 1 is 1.24 bits per heavy atom. The Balaban J connectivity index is 1.85. The van der Waals surface area contributed by atoms with Gasteiger partial charge in [0.1, 0.15) is 17.4 Å². The van der Waals surface area contributed by atoms with Crippen LogP contribution in [0.25, 0.3) is 11.0 Å². The second kappa shape index (κ2) is 8.68. The smallest absolute Gasteiger partial charge is 0.339 e. The van der Waals surface area contributed by atoms with Crippen molar-refractivity contribution >= 4 is 22.8 Å². The molecule has 7 heteroatoms. The molecular formula is C22H27NO6. The molecule has 0 unspecified atom stereocenters. The Labute approximate surface area is 169 Å². The zero-order valence-electron chi connectivity index (χ0n) is 17.0. The summed E-state index contributed by atoms with van der Waals surface area (Å²) in [6, 6.07) is 2.70. The van der Waals surface area contributed by atoms with Gasteiger partial charge in [-0.15, -0.1) is 0 Å². The van der Waals surface area contributed by atoms with E-state index in [1.807, 2.05) is 13.0 Å². The Morgan fingerprint density at radius 3 is 2.59 bits per heavy atom. The van der Waals surface area contributed by atoms with Gasteiger partial charge >= 0.3 is 11.6 Å². The van der Waals surface area contributed by atoms with Gasteiger partial charge in [0, 0.05) is 16.5 Å². The van der Waals surface area contributed by atoms with E-state index < -0.39 is 24.0 Å². The molecule has 2 aromatic rings. The maximum Gasteiger partial charge on any atom is 0.339 e. The second-order valence-electron chi connectivity index (χ2n) is 7.57. The van der Waals surface area contributed by atoms with E-state index in [1.54, 1.807) is 19.9 Å². The van der Waals surface area contributed by atoms with Crippen LogP contribution in [0.1, 0.15) is 56.2 Å². The molecule has 0 bridgehead atoms. The summed E-state index contributed by atoms with van der Waals surface area (Å²) in [6.45, 7) is 5.21. The maximum absolute atomic E-state index is 12.4. The minimum Gasteiger partial charge on any atom is -0.480 e. The number of nitrogens with one attached hydrogen (secondary N) is 1. The maximum atomic E-state index is 12.4. The van der Waals surface area contributed by atoms with E-state index in [4.69, 9.17) is 9.15 Å². The van der Waals surface area contributed by atoms with Gasteiger partial charge in [-0.25, -0.2) is 9.59 Å². The predicted molar refractivity (Wildman–Crippen MR) is 108 cm³/mol. The van der Waals surface area contributed by atoms with Crippen molar-refractivity contribution in [3.8, 4) is 5.75 Å². The van der Waals surface area contributed by atoms with E-state index in [-0.39, 0.29) is 5.63 Å². The van der Waals surface area contributed by atoms with Gasteiger partial charge in [0.05, 0.1) is 0 Å². The van der Waals surface area contributed by atoms with Crippen molar-refractivity contribution in [2.24, 2.45) is 0 Å². The highest BCUT2D eigenvalue weighted by molar-refractivity contribution is 5.88. The van der Waals surface area contributed by atoms with Crippen LogP contribution in [0.5, 0.6) is 5.75 Å². The summed E-state index contributed by atoms with van der Waals surface area (Å²) in [5.74, 6) is -1.14. The molecule has 2 N–H and O–H groups in total. The highest BCUT2D eigenvalue weighted by atomic mass is 16.5. The first kappa shape index (κ1) is 20.9. The van der Waals surface area contributed by atoms with E-state index in [1.165, 1.54) is 0 Å². The summed E-state index contributed by atoms with van der Waals surface area (Å²) in [6.07, 6.45) is 3.72. The fraction of sp³-hybridized carbons (Fsp3) is 0.500. The molecule has 1 heterocycles. The third-order valence-electron chi connectivity index (χ3n) is 5.46. The molecule has 156 valence electrons. The van der Waals surface area contributed by atoms with E-state index in [0.717, 1.165) is 42.2 Å². The quantitative estimate of drug-likeness (QED) is 0.691. The summed E-state index contributed by atoms with van der Waals surface area (Å²) in [4.78, 5) is 36.0. The fourth-order valence-corrected chi connectivity index (χ4v) is 3.83. The molecule has 1 aliphatic carbocycles. The van der Waals surface area contributed by atoms with Crippen LogP contribution in [0, 0.1) is 6.92 Å². The van der Waals surface area contributed by atoms with Crippen LogP contribution in [0.2, 0.25) is 0 Å². The highest BCUT2D eigenvalue weighted by Crippen LogP contribution is 2.32. The van der Waals surface area contributed by atoms with Crippen molar-refractivity contribution in [1.82, 2.24) is 5.32 Å². The topological polar surface area (TPSA) is 106 Å². The number of carboxylic acids is 1. The number of carboxylic acid groups (broad SMARTS) is 1. The standard InChI is InChI=1S/C22H27NO6/c1-4-7-17(21(25)26)23-20(24)13(3)28-18-11-10-15-14-8-5-6-9-16(14)22(27)29-19(15)12(18)2/h10-11,13,17H,4-9H2,1-3H3,(H,23,24)(H,25,26)/t13-,17+/m1/s1. The zero-order valence-corrected chi connectivity index (χ0v) is 17.0. The third-order valence-corrected chi connectivity index (χ3v) is 5.46. The Morgan fingerprint density at radius 2 is 1.93 bits per heavy atom. The first-order valence-corrected chi connectivity index (χ1v) is 10.1. The van der Waals surface area contributed by atoms with Crippen LogP contribution in [0.4, 0.5) is 0 Å². The largest absolute Gasteiger partial charge is 0.480 e. The van der Waals surface area contributed by atoms with Gasteiger partial charge in [-0.3, -0.25) is 4.79 Å². The molecule has 0 radical (unpaired) electrons. The molecular weight excluding hydrogens is 374 g/mol. The molecule has 1 aromatic carbocycles. The van der Waals surface area contributed by atoms with Gasteiger partial charge in [0.25, 0.3) is 5.91 Å². The van der Waals surface area contributed by atoms with Gasteiger partial charge in [0.15, 0.2) is 6.10 Å². The van der Waals surface area contributed by atoms with Gasteiger partial charge in [0.2, 0.25) is 0 Å². The summed E-state index contributed by atoms with van der Waals surface area (Å²) < 4.78 is 11.4. The number of aryl methyl sites for hydroxylation is 2. The monoisotopic (exact) mass is 401 g/mol. The van der Waals surface area contributed by atoms with Gasteiger partial charge in [-0.05, 0) is 63.6 Å². The summed E-state index contributed by atoms with van der Waals surface area (Å²) in [5, 5.41) is 12.6. The minimum atomic E-state index is -1.07. The lowest BCUT2D eigenvalue weighted by molar-refractivity contribution is -0.143. The van der Waals surface area contributed by atoms with Crippen LogP contribution >= 0.6 is 0 Å². The lowest BCUT2D eigenvalue weighted by Crippen LogP contribution is -2.46. The molecule has 0 aliphatic heterocycles. The molecule has 0 saturated carbocycles. The number of fused-ring (bicyclic) bond motifs is 3. The number of aliphatic carboxylic acids is 1. The third kappa shape index (κ3) is 4.28. The van der Waals surface area contributed by atoms with Crippen LogP contribution < -0.4 is 15.7 Å². The number of rotatable bonds is 7. The average molecular weight is 401 g/mol. The van der Waals surface area contributed by atoms with Crippen LogP contribution in [0.3, 0.4) is 0 Å². The number of carbonyl (C=O) groups is 2. The van der Waals surface area contributed by atoms with Crippen molar-refractivity contribution in [2.45, 2.75) is 71.4 Å². The minimum absolute atomic E-state index is 0.304. The number of hydrogen-bond acceptors (Lipinski definition) is 5. The molecule has 3 rings (SSSR count). The first-order valence-electron chi connectivity index (χ1n) is 10.1. The molecule has 1 amide bonds. The molecule has 0 saturated heterocycles. The zero-order chi connectivity index (χ0) is 21.1. The molecule has 0 fully saturated rings. The van der Waals surface area contributed by atoms with Crippen molar-refractivity contribution < 1.29 is 23.8 Å². The van der Waals surface area contributed by atoms with Crippen LogP contribution in [-0.4, -0.2) is 29.1 Å². The van der Waals surface area contributed by atoms with Gasteiger partial charge in [-0.2, -0.15) is 0 Å². The number of carbonyl (C=O) groups excluding carboxylic acids is 1. The van der Waals surface area contributed by atoms with Crippen LogP contribution in [-0.2, 0) is 22.4 Å². The summed E-state index contributed by atoms with van der Waals surface area (Å²) in [7, 11) is 0. The molecule has 1 aliphatic rings. The summed E-state index contributed by atoms with van der Waals surface area (Å²) in [5.41, 5.74) is 2.64. The van der Waals surface area contributed by atoms with E-state index in [0.29, 0.717) is 29.7 Å². The number of benzene rings is 1. The van der Waals surface area contributed by atoms with Crippen molar-refractivity contribution in [2.75, 3.05) is 0 Å². The van der Waals surface area contributed by atoms with Gasteiger partial charge in [-0.1, -0.05) is 13.3 Å². The Kier molecular flexibility index (Phi) is 6.25. The lowest BCUT2D eigenvalue weighted by Gasteiger charge is -2.21. The number of ether oxygens (including phenoxy) is 1. The van der Waals surface area contributed by atoms with E-state index in [9.17, 15) is 19.5 Å². The van der Waals surface area contributed by atoms with Crippen molar-refractivity contribution in [3.63, 3.8) is 0 Å². The second-order valence-corrected chi connectivity index (χ2v) is 7.57. The molecule has 29 heavy (non-hydrogen) atoms. The normalized spacial score (nSPS) is 15.4. The number of hydrogen-bond donors (Lipinski definition) is 2. The van der Waals surface area contributed by atoms with Crippen molar-refractivity contribution in [1.29, 1.82) is 0 Å². The van der Waals surface area contributed by atoms with E-state index in [2.05, 4.69) is 5.32 Å². The molecule has 2 atom stereocenters. The molecule has 7 nitrogen and oxygen atoms in total. The van der Waals surface area contributed by atoms with Gasteiger partial charge < -0.3 is 19.6 Å². The Hall–Kier alpha value is -2.83. The summed E-state index contributed by atoms with van der Waals surface area (Å²) >= 11 is 0. The SMILES string of the molecule is CCC[C@H](NC(=O)[C@@H](C)Oc1ccc2c3c(c(=O)oc2c1C)CCCC3)C(=O)O. The molecule has 0 spiro atoms. The first-order chi connectivity index (χ1) is 13.8. The fourth-order valence-electron chi connectivity index (χ4n) is 3.83. The van der Waals surface area contributed by atoms with Crippen molar-refractivity contribution in [3.05, 3.63) is 39.2 Å². The Bertz CT molecular complexity index is 993. The number of amides is 1.